The summed E-state index contributed by atoms with van der Waals surface area (Å²) in [7, 11) is -0.653. The molecule has 0 bridgehead atoms. The zero-order chi connectivity index (χ0) is 29.2. The van der Waals surface area contributed by atoms with Crippen molar-refractivity contribution in [3.63, 3.8) is 0 Å². The first-order valence-corrected chi connectivity index (χ1v) is 9.36. The van der Waals surface area contributed by atoms with Gasteiger partial charge in [-0.1, -0.05) is 60.5 Å². The fraction of sp³-hybridized carbons (Fsp3) is 0.280. The van der Waals surface area contributed by atoms with E-state index in [4.69, 9.17) is 23.0 Å². The average molecular weight is 395 g/mol. The second-order valence-electron chi connectivity index (χ2n) is 7.84. The van der Waals surface area contributed by atoms with E-state index < -0.39 is 78.7 Å². The summed E-state index contributed by atoms with van der Waals surface area (Å²) in [6.07, 6.45) is 0. The van der Waals surface area contributed by atoms with Gasteiger partial charge in [0.2, 0.25) is 0 Å². The highest BCUT2D eigenvalue weighted by Crippen LogP contribution is 2.36. The predicted molar refractivity (Wildman–Crippen MR) is 121 cm³/mol. The molecule has 0 saturated carbocycles. The van der Waals surface area contributed by atoms with E-state index in [1.165, 1.54) is 4.90 Å². The highest BCUT2D eigenvalue weighted by Gasteiger charge is 2.51. The molecule has 4 rings (SSSR count). The van der Waals surface area contributed by atoms with Crippen LogP contribution in [0.3, 0.4) is 0 Å². The van der Waals surface area contributed by atoms with Crippen LogP contribution in [0.2, 0.25) is 0 Å². The van der Waals surface area contributed by atoms with Crippen molar-refractivity contribution in [3.8, 4) is 0 Å². The Kier molecular flexibility index (Phi) is 2.92. The molecule has 148 valence electrons. The Balaban J connectivity index is 1.86. The Morgan fingerprint density at radius 3 is 1.83 bits per heavy atom. The molecule has 1 aliphatic rings. The Bertz CT molecular complexity index is 1390. The van der Waals surface area contributed by atoms with Crippen LogP contribution in [0.25, 0.3) is 0 Å². The Hall–Kier alpha value is -2.56. The third-order valence-electron chi connectivity index (χ3n) is 5.35. The molecule has 0 aliphatic carbocycles. The van der Waals surface area contributed by atoms with Crippen LogP contribution in [-0.2, 0) is 15.9 Å². The van der Waals surface area contributed by atoms with E-state index in [1.54, 1.807) is 24.3 Å². The lowest BCUT2D eigenvalue weighted by Gasteiger charge is -2.32. The number of anilines is 2. The fourth-order valence-corrected chi connectivity index (χ4v) is 2.98. The van der Waals surface area contributed by atoms with Gasteiger partial charge in [-0.25, -0.2) is 0 Å². The number of rotatable bonds is 5. The summed E-state index contributed by atoms with van der Waals surface area (Å²) in [4.78, 5) is 1.36. The quantitative estimate of drug-likeness (QED) is 0.546. The zero-order valence-corrected chi connectivity index (χ0v) is 16.9. The molecular weight excluding hydrogens is 357 g/mol. The molecule has 0 aromatic heterocycles. The summed E-state index contributed by atoms with van der Waals surface area (Å²) in [6, 6.07) is 1.65. The second kappa shape index (κ2) is 7.70. The van der Waals surface area contributed by atoms with E-state index in [2.05, 4.69) is 0 Å². The summed E-state index contributed by atoms with van der Waals surface area (Å²) < 4.78 is 94.2. The summed E-state index contributed by atoms with van der Waals surface area (Å²) in [5, 5.41) is 0. The van der Waals surface area contributed by atoms with Crippen molar-refractivity contribution < 1.29 is 23.0 Å². The van der Waals surface area contributed by atoms with Gasteiger partial charge in [0.25, 0.3) is 0 Å². The van der Waals surface area contributed by atoms with Crippen LogP contribution in [0.15, 0.2) is 84.7 Å². The first-order chi connectivity index (χ1) is 18.0. The van der Waals surface area contributed by atoms with Crippen molar-refractivity contribution in [1.82, 2.24) is 0 Å². The monoisotopic (exact) mass is 395 g/mol. The Morgan fingerprint density at radius 2 is 1.28 bits per heavy atom. The number of nitrogens with zero attached hydrogens (tertiary/aromatic N) is 1. The van der Waals surface area contributed by atoms with E-state index in [-0.39, 0.29) is 17.8 Å². The van der Waals surface area contributed by atoms with Gasteiger partial charge in [-0.3, -0.25) is 0 Å². The van der Waals surface area contributed by atoms with E-state index in [9.17, 15) is 0 Å². The molecule has 29 heavy (non-hydrogen) atoms. The van der Waals surface area contributed by atoms with E-state index in [0.717, 1.165) is 0 Å². The minimum atomic E-state index is -0.653. The summed E-state index contributed by atoms with van der Waals surface area (Å²) in [5.74, 6) is 0. The summed E-state index contributed by atoms with van der Waals surface area (Å²) in [6.45, 7) is 7.38. The van der Waals surface area contributed by atoms with Crippen molar-refractivity contribution >= 4 is 24.0 Å². The van der Waals surface area contributed by atoms with E-state index in [1.807, 2.05) is 27.7 Å². The van der Waals surface area contributed by atoms with Crippen LogP contribution in [0.4, 0.5) is 11.4 Å². The molecule has 3 aromatic rings. The maximum Gasteiger partial charge on any atom is 0.494 e. The minimum absolute atomic E-state index is 0.0807. The Morgan fingerprint density at radius 1 is 0.759 bits per heavy atom. The smallest absolute Gasteiger partial charge is 0.399 e. The first kappa shape index (κ1) is 11.0. The van der Waals surface area contributed by atoms with Gasteiger partial charge < -0.3 is 14.2 Å². The lowest BCUT2D eigenvalue weighted by molar-refractivity contribution is 0.00578. The molecule has 3 nitrogen and oxygen atoms in total. The fourth-order valence-electron chi connectivity index (χ4n) is 2.98. The van der Waals surface area contributed by atoms with Crippen molar-refractivity contribution in [2.75, 3.05) is 4.90 Å². The van der Waals surface area contributed by atoms with Crippen LogP contribution in [0.1, 0.15) is 47.0 Å². The SMILES string of the molecule is [2H]c1c([2H])c([2H])c(CN(c2ccc(B3OC(C)(C)C(C)(C)O3)cc2)c2c([2H])c([2H])c([2H])c([2H])c2[2H])c([2H])c1[2H]. The third-order valence-corrected chi connectivity index (χ3v) is 5.35. The van der Waals surface area contributed by atoms with Gasteiger partial charge in [0.05, 0.1) is 24.9 Å². The molecule has 1 saturated heterocycles. The zero-order valence-electron chi connectivity index (χ0n) is 26.9. The molecule has 0 radical (unpaired) electrons. The molecule has 3 aromatic carbocycles. The van der Waals surface area contributed by atoms with Gasteiger partial charge in [0.15, 0.2) is 0 Å². The van der Waals surface area contributed by atoms with Crippen LogP contribution < -0.4 is 10.4 Å². The molecule has 0 unspecified atom stereocenters. The number of hydrogen-bond acceptors (Lipinski definition) is 3. The molecule has 1 fully saturated rings. The molecule has 1 aliphatic heterocycles. The maximum atomic E-state index is 8.52. The second-order valence-corrected chi connectivity index (χ2v) is 7.84. The maximum absolute atomic E-state index is 8.52. The number of para-hydroxylation sites is 1. The van der Waals surface area contributed by atoms with Crippen molar-refractivity contribution in [1.29, 1.82) is 0 Å². The highest BCUT2D eigenvalue weighted by molar-refractivity contribution is 6.62. The van der Waals surface area contributed by atoms with Crippen LogP contribution >= 0.6 is 0 Å². The molecule has 1 heterocycles. The molecule has 4 heteroatoms. The average Bonchev–Trinajstić information content (AvgIpc) is 3.11. The van der Waals surface area contributed by atoms with Gasteiger partial charge in [-0.15, -0.1) is 0 Å². The minimum Gasteiger partial charge on any atom is -0.399 e. The van der Waals surface area contributed by atoms with Gasteiger partial charge >= 0.3 is 7.12 Å². The highest BCUT2D eigenvalue weighted by atomic mass is 16.7. The van der Waals surface area contributed by atoms with Gasteiger partial charge in [-0.2, -0.15) is 0 Å². The molecular formula is C25H28BNO2. The van der Waals surface area contributed by atoms with Crippen molar-refractivity contribution in [2.45, 2.75) is 45.4 Å². The largest absolute Gasteiger partial charge is 0.494 e. The molecule has 0 atom stereocenters. The van der Waals surface area contributed by atoms with E-state index in [0.29, 0.717) is 11.2 Å². The Labute approximate surface area is 188 Å². The first-order valence-electron chi connectivity index (χ1n) is 14.4. The van der Waals surface area contributed by atoms with Gasteiger partial charge in [0, 0.05) is 17.9 Å². The molecule has 0 N–H and O–H groups in total. The van der Waals surface area contributed by atoms with Gasteiger partial charge in [0.1, 0.15) is 0 Å². The summed E-state index contributed by atoms with van der Waals surface area (Å²) in [5.41, 5.74) is -0.311. The normalized spacial score (nSPS) is 22.1. The van der Waals surface area contributed by atoms with Crippen LogP contribution in [-0.4, -0.2) is 18.3 Å². The standard InChI is InChI=1S/C25H28BNO2/c1-24(2)25(3,4)29-26(28-24)21-15-17-23(18-16-21)27(22-13-9-6-10-14-22)19-20-11-7-5-8-12-20/h5-18H,19H2,1-4H3/i5D,6D,7D,8D,9D,10D,11D,12D,13D,14D. The molecule has 0 amide bonds. The van der Waals surface area contributed by atoms with Crippen LogP contribution in [0, 0.1) is 0 Å². The lowest BCUT2D eigenvalue weighted by Crippen LogP contribution is -2.41. The number of hydrogen-bond donors (Lipinski definition) is 0. The van der Waals surface area contributed by atoms with Gasteiger partial charge in [-0.05, 0) is 62.9 Å². The summed E-state index contributed by atoms with van der Waals surface area (Å²) >= 11 is 0. The number of benzene rings is 3. The van der Waals surface area contributed by atoms with Crippen LogP contribution in [0.5, 0.6) is 0 Å². The topological polar surface area (TPSA) is 21.7 Å². The third kappa shape index (κ3) is 4.09. The molecule has 0 spiro atoms. The predicted octanol–water partition coefficient (Wildman–Crippen LogP) is 5.32. The van der Waals surface area contributed by atoms with Crippen molar-refractivity contribution in [3.05, 3.63) is 90.3 Å². The lowest BCUT2D eigenvalue weighted by atomic mass is 9.79. The van der Waals surface area contributed by atoms with Crippen molar-refractivity contribution in [2.24, 2.45) is 0 Å². The van der Waals surface area contributed by atoms with E-state index >= 15 is 0 Å².